The first-order valence-corrected chi connectivity index (χ1v) is 12.2. The predicted octanol–water partition coefficient (Wildman–Crippen LogP) is 5.54. The zero-order valence-electron chi connectivity index (χ0n) is 21.1. The smallest absolute Gasteiger partial charge is 0.243 e. The van der Waals surface area contributed by atoms with Gasteiger partial charge in [0, 0.05) is 24.6 Å². The van der Waals surface area contributed by atoms with Crippen molar-refractivity contribution < 1.29 is 14.0 Å². The highest BCUT2D eigenvalue weighted by Gasteiger charge is 2.31. The molecule has 0 fully saturated rings. The van der Waals surface area contributed by atoms with Gasteiger partial charge in [0.1, 0.15) is 11.9 Å². The average molecular weight is 475 g/mol. The van der Waals surface area contributed by atoms with Crippen LogP contribution in [0.2, 0.25) is 0 Å². The van der Waals surface area contributed by atoms with Crippen LogP contribution in [0.1, 0.15) is 48.1 Å². The molecular weight excluding hydrogens is 439 g/mol. The highest BCUT2D eigenvalue weighted by atomic mass is 19.1. The lowest BCUT2D eigenvalue weighted by atomic mass is 10.00. The summed E-state index contributed by atoms with van der Waals surface area (Å²) >= 11 is 0. The molecule has 0 aromatic heterocycles. The van der Waals surface area contributed by atoms with Crippen LogP contribution in [0.4, 0.5) is 4.39 Å². The molecule has 5 heteroatoms. The van der Waals surface area contributed by atoms with Gasteiger partial charge >= 0.3 is 0 Å². The van der Waals surface area contributed by atoms with Crippen LogP contribution in [0.25, 0.3) is 0 Å². The third-order valence-electron chi connectivity index (χ3n) is 6.50. The lowest BCUT2D eigenvalue weighted by molar-refractivity contribution is -0.141. The molecule has 35 heavy (non-hydrogen) atoms. The molecule has 0 spiro atoms. The molecule has 3 rings (SSSR count). The first-order valence-electron chi connectivity index (χ1n) is 12.2. The van der Waals surface area contributed by atoms with Crippen molar-refractivity contribution in [1.82, 2.24) is 10.2 Å². The standard InChI is InChI=1S/C30H35FN2O2/c1-5-23(4)32-30(35)28(18-24-11-7-6-8-12-24)33(20-26-13-9-10-14-27(26)31)29(34)19-25-16-15-21(2)22(3)17-25/h6-17,23,28H,5,18-20H2,1-4H3,(H,32,35)/t23-,28+/m1/s1. The molecule has 3 aromatic carbocycles. The number of nitrogens with zero attached hydrogens (tertiary/aromatic N) is 1. The van der Waals surface area contributed by atoms with Gasteiger partial charge in [0.2, 0.25) is 11.8 Å². The van der Waals surface area contributed by atoms with Gasteiger partial charge < -0.3 is 10.2 Å². The normalized spacial score (nSPS) is 12.6. The Morgan fingerprint density at radius 2 is 1.60 bits per heavy atom. The van der Waals surface area contributed by atoms with E-state index in [2.05, 4.69) is 5.32 Å². The summed E-state index contributed by atoms with van der Waals surface area (Å²) in [5, 5.41) is 3.04. The number of nitrogens with one attached hydrogen (secondary N) is 1. The molecule has 0 unspecified atom stereocenters. The molecule has 0 saturated carbocycles. The Labute approximate surface area is 208 Å². The number of carbonyl (C=O) groups excluding carboxylic acids is 2. The van der Waals surface area contributed by atoms with Crippen LogP contribution in [0.3, 0.4) is 0 Å². The van der Waals surface area contributed by atoms with E-state index >= 15 is 0 Å². The predicted molar refractivity (Wildman–Crippen MR) is 138 cm³/mol. The van der Waals surface area contributed by atoms with E-state index in [-0.39, 0.29) is 30.8 Å². The summed E-state index contributed by atoms with van der Waals surface area (Å²) < 4.78 is 14.7. The molecule has 0 aliphatic rings. The van der Waals surface area contributed by atoms with Crippen molar-refractivity contribution in [3.63, 3.8) is 0 Å². The van der Waals surface area contributed by atoms with Crippen LogP contribution >= 0.6 is 0 Å². The van der Waals surface area contributed by atoms with E-state index in [1.165, 1.54) is 11.0 Å². The Balaban J connectivity index is 1.99. The quantitative estimate of drug-likeness (QED) is 0.419. The molecule has 2 amide bonds. The Morgan fingerprint density at radius 1 is 0.914 bits per heavy atom. The van der Waals surface area contributed by atoms with Crippen molar-refractivity contribution in [2.24, 2.45) is 0 Å². The Hall–Kier alpha value is -3.47. The van der Waals surface area contributed by atoms with Crippen LogP contribution < -0.4 is 5.32 Å². The van der Waals surface area contributed by atoms with Crippen molar-refractivity contribution in [2.45, 2.75) is 65.6 Å². The van der Waals surface area contributed by atoms with Gasteiger partial charge in [-0.15, -0.1) is 0 Å². The summed E-state index contributed by atoms with van der Waals surface area (Å²) in [5.74, 6) is -0.831. The maximum atomic E-state index is 14.7. The van der Waals surface area contributed by atoms with Crippen molar-refractivity contribution in [2.75, 3.05) is 0 Å². The Kier molecular flexibility index (Phi) is 9.18. The maximum absolute atomic E-state index is 14.7. The highest BCUT2D eigenvalue weighted by molar-refractivity contribution is 5.89. The van der Waals surface area contributed by atoms with E-state index in [1.807, 2.05) is 76.2 Å². The molecular formula is C30H35FN2O2. The minimum atomic E-state index is -0.773. The monoisotopic (exact) mass is 474 g/mol. The first kappa shape index (κ1) is 26.1. The number of carbonyl (C=O) groups is 2. The fourth-order valence-corrected chi connectivity index (χ4v) is 3.99. The minimum absolute atomic E-state index is 0.0157. The van der Waals surface area contributed by atoms with E-state index in [0.717, 1.165) is 28.7 Å². The number of rotatable bonds is 10. The highest BCUT2D eigenvalue weighted by Crippen LogP contribution is 2.19. The zero-order chi connectivity index (χ0) is 25.4. The van der Waals surface area contributed by atoms with Crippen LogP contribution in [0.5, 0.6) is 0 Å². The van der Waals surface area contributed by atoms with E-state index in [4.69, 9.17) is 0 Å². The number of aryl methyl sites for hydroxylation is 2. The van der Waals surface area contributed by atoms with Crippen LogP contribution in [0.15, 0.2) is 72.8 Å². The summed E-state index contributed by atoms with van der Waals surface area (Å²) in [6, 6.07) is 21.2. The largest absolute Gasteiger partial charge is 0.352 e. The molecule has 2 atom stereocenters. The van der Waals surface area contributed by atoms with Crippen molar-refractivity contribution in [3.8, 4) is 0 Å². The molecule has 3 aromatic rings. The van der Waals surface area contributed by atoms with E-state index < -0.39 is 11.9 Å². The minimum Gasteiger partial charge on any atom is -0.352 e. The summed E-state index contributed by atoms with van der Waals surface area (Å²) in [5.41, 5.74) is 4.45. The van der Waals surface area contributed by atoms with Crippen LogP contribution in [-0.2, 0) is 29.0 Å². The average Bonchev–Trinajstić information content (AvgIpc) is 2.85. The SMILES string of the molecule is CC[C@@H](C)NC(=O)[C@H](Cc1ccccc1)N(Cc1ccccc1F)C(=O)Cc1ccc(C)c(C)c1. The second-order valence-corrected chi connectivity index (χ2v) is 9.23. The zero-order valence-corrected chi connectivity index (χ0v) is 21.1. The van der Waals surface area contributed by atoms with E-state index in [1.54, 1.807) is 18.2 Å². The lowest BCUT2D eigenvalue weighted by Crippen LogP contribution is -2.52. The van der Waals surface area contributed by atoms with Gasteiger partial charge in [-0.05, 0) is 55.5 Å². The van der Waals surface area contributed by atoms with Crippen molar-refractivity contribution >= 4 is 11.8 Å². The molecule has 0 aliphatic heterocycles. The molecule has 0 radical (unpaired) electrons. The van der Waals surface area contributed by atoms with E-state index in [9.17, 15) is 14.0 Å². The topological polar surface area (TPSA) is 49.4 Å². The molecule has 184 valence electrons. The molecule has 0 bridgehead atoms. The second-order valence-electron chi connectivity index (χ2n) is 9.23. The van der Waals surface area contributed by atoms with Crippen LogP contribution in [0, 0.1) is 19.7 Å². The summed E-state index contributed by atoms with van der Waals surface area (Å²) in [4.78, 5) is 28.8. The van der Waals surface area contributed by atoms with Gasteiger partial charge in [0.05, 0.1) is 6.42 Å². The second kappa shape index (κ2) is 12.3. The Bertz CT molecular complexity index is 1150. The maximum Gasteiger partial charge on any atom is 0.243 e. The molecule has 0 saturated heterocycles. The molecule has 0 aliphatic carbocycles. The van der Waals surface area contributed by atoms with Gasteiger partial charge in [0.15, 0.2) is 0 Å². The summed E-state index contributed by atoms with van der Waals surface area (Å²) in [6.07, 6.45) is 1.25. The fraction of sp³-hybridized carbons (Fsp3) is 0.333. The number of amides is 2. The third kappa shape index (κ3) is 7.25. The fourth-order valence-electron chi connectivity index (χ4n) is 3.99. The van der Waals surface area contributed by atoms with Crippen LogP contribution in [-0.4, -0.2) is 28.8 Å². The van der Waals surface area contributed by atoms with Gasteiger partial charge in [-0.1, -0.05) is 73.7 Å². The summed E-state index contributed by atoms with van der Waals surface area (Å²) in [7, 11) is 0. The number of halogens is 1. The molecule has 0 heterocycles. The van der Waals surface area contributed by atoms with Gasteiger partial charge in [-0.3, -0.25) is 9.59 Å². The van der Waals surface area contributed by atoms with Gasteiger partial charge in [0.25, 0.3) is 0 Å². The number of hydrogen-bond acceptors (Lipinski definition) is 2. The van der Waals surface area contributed by atoms with E-state index in [0.29, 0.717) is 12.0 Å². The molecule has 1 N–H and O–H groups in total. The van der Waals surface area contributed by atoms with Gasteiger partial charge in [-0.2, -0.15) is 0 Å². The van der Waals surface area contributed by atoms with Crippen molar-refractivity contribution in [1.29, 1.82) is 0 Å². The summed E-state index contributed by atoms with van der Waals surface area (Å²) in [6.45, 7) is 8.00. The number of benzene rings is 3. The molecule has 4 nitrogen and oxygen atoms in total. The first-order chi connectivity index (χ1) is 16.8. The third-order valence-corrected chi connectivity index (χ3v) is 6.50. The number of hydrogen-bond donors (Lipinski definition) is 1. The Morgan fingerprint density at radius 3 is 2.26 bits per heavy atom. The van der Waals surface area contributed by atoms with Crippen molar-refractivity contribution in [3.05, 3.63) is 106 Å². The van der Waals surface area contributed by atoms with Gasteiger partial charge in [-0.25, -0.2) is 4.39 Å². The lowest BCUT2D eigenvalue weighted by Gasteiger charge is -2.32.